The highest BCUT2D eigenvalue weighted by Crippen LogP contribution is 2.42. The molecule has 0 unspecified atom stereocenters. The SMILES string of the molecule is COc1c(F)cccc1[C@H](N1CCNCC1)C(C)(C)C.Cl. The third-order valence-corrected chi connectivity index (χ3v) is 3.83. The molecule has 1 aliphatic heterocycles. The first-order valence-corrected chi connectivity index (χ1v) is 7.22. The fraction of sp³-hybridized carbons (Fsp3) is 0.625. The Bertz CT molecular complexity index is 456. The molecule has 0 amide bonds. The number of benzene rings is 1. The number of hydrogen-bond donors (Lipinski definition) is 1. The van der Waals surface area contributed by atoms with Gasteiger partial charge in [0.1, 0.15) is 0 Å². The van der Waals surface area contributed by atoms with Gasteiger partial charge in [-0.3, -0.25) is 4.90 Å². The molecule has 1 heterocycles. The first kappa shape index (κ1) is 18.2. The maximum atomic E-state index is 14.0. The van der Waals surface area contributed by atoms with Crippen molar-refractivity contribution in [2.24, 2.45) is 5.41 Å². The van der Waals surface area contributed by atoms with Crippen LogP contribution in [-0.2, 0) is 0 Å². The quantitative estimate of drug-likeness (QED) is 0.926. The molecule has 1 aromatic rings. The van der Waals surface area contributed by atoms with Gasteiger partial charge < -0.3 is 10.1 Å². The van der Waals surface area contributed by atoms with Crippen LogP contribution in [0.2, 0.25) is 0 Å². The molecule has 1 saturated heterocycles. The second-order valence-corrected chi connectivity index (χ2v) is 6.42. The van der Waals surface area contributed by atoms with Gasteiger partial charge in [-0.2, -0.15) is 0 Å². The van der Waals surface area contributed by atoms with Crippen LogP contribution in [0.5, 0.6) is 5.75 Å². The van der Waals surface area contributed by atoms with Crippen molar-refractivity contribution in [3.05, 3.63) is 29.6 Å². The van der Waals surface area contributed by atoms with Crippen molar-refractivity contribution in [3.8, 4) is 5.75 Å². The summed E-state index contributed by atoms with van der Waals surface area (Å²) in [4.78, 5) is 2.42. The van der Waals surface area contributed by atoms with Crippen LogP contribution < -0.4 is 10.1 Å². The fourth-order valence-corrected chi connectivity index (χ4v) is 3.11. The van der Waals surface area contributed by atoms with Crippen LogP contribution in [0.1, 0.15) is 32.4 Å². The Labute approximate surface area is 133 Å². The number of halogens is 2. The summed E-state index contributed by atoms with van der Waals surface area (Å²) in [5.41, 5.74) is 0.959. The van der Waals surface area contributed by atoms with E-state index in [2.05, 4.69) is 31.0 Å². The zero-order chi connectivity index (χ0) is 14.8. The number of nitrogens with zero attached hydrogens (tertiary/aromatic N) is 1. The van der Waals surface area contributed by atoms with Crippen molar-refractivity contribution in [3.63, 3.8) is 0 Å². The molecule has 0 spiro atoms. The number of methoxy groups -OCH3 is 1. The van der Waals surface area contributed by atoms with Crippen molar-refractivity contribution in [1.82, 2.24) is 10.2 Å². The van der Waals surface area contributed by atoms with Crippen LogP contribution >= 0.6 is 12.4 Å². The van der Waals surface area contributed by atoms with Crippen LogP contribution in [0.15, 0.2) is 18.2 Å². The molecule has 120 valence electrons. The molecule has 1 aromatic carbocycles. The maximum absolute atomic E-state index is 14.0. The Kier molecular flexibility index (Phi) is 6.44. The van der Waals surface area contributed by atoms with E-state index >= 15 is 0 Å². The average Bonchev–Trinajstić information content (AvgIpc) is 2.39. The van der Waals surface area contributed by atoms with E-state index in [4.69, 9.17) is 4.74 Å². The molecule has 1 N–H and O–H groups in total. The molecule has 1 fully saturated rings. The Morgan fingerprint density at radius 1 is 1.24 bits per heavy atom. The van der Waals surface area contributed by atoms with E-state index in [0.717, 1.165) is 31.7 Å². The lowest BCUT2D eigenvalue weighted by molar-refractivity contribution is 0.0837. The van der Waals surface area contributed by atoms with Gasteiger partial charge in [-0.1, -0.05) is 32.9 Å². The molecule has 0 bridgehead atoms. The monoisotopic (exact) mass is 316 g/mol. The summed E-state index contributed by atoms with van der Waals surface area (Å²) in [7, 11) is 1.54. The highest BCUT2D eigenvalue weighted by atomic mass is 35.5. The van der Waals surface area contributed by atoms with Crippen LogP contribution in [0.25, 0.3) is 0 Å². The number of nitrogens with one attached hydrogen (secondary N) is 1. The molecule has 21 heavy (non-hydrogen) atoms. The summed E-state index contributed by atoms with van der Waals surface area (Å²) in [5.74, 6) is 0.0975. The minimum Gasteiger partial charge on any atom is -0.493 e. The highest BCUT2D eigenvalue weighted by Gasteiger charge is 2.35. The number of hydrogen-bond acceptors (Lipinski definition) is 3. The third-order valence-electron chi connectivity index (χ3n) is 3.83. The molecule has 0 saturated carbocycles. The Morgan fingerprint density at radius 2 is 1.86 bits per heavy atom. The second kappa shape index (κ2) is 7.43. The zero-order valence-corrected chi connectivity index (χ0v) is 14.1. The van der Waals surface area contributed by atoms with E-state index < -0.39 is 0 Å². The summed E-state index contributed by atoms with van der Waals surface area (Å²) >= 11 is 0. The minimum absolute atomic E-state index is 0. The molecule has 2 rings (SSSR count). The molecule has 1 aliphatic rings. The molecular formula is C16H26ClFN2O. The van der Waals surface area contributed by atoms with Gasteiger partial charge in [-0.15, -0.1) is 12.4 Å². The van der Waals surface area contributed by atoms with E-state index in [1.165, 1.54) is 6.07 Å². The standard InChI is InChI=1S/C16H25FN2O.ClH/c1-16(2,3)15(19-10-8-18-9-11-19)12-6-5-7-13(17)14(12)20-4;/h5-7,15,18H,8-11H2,1-4H3;1H/t15-;/m0./s1. The average molecular weight is 317 g/mol. The fourth-order valence-electron chi connectivity index (χ4n) is 3.11. The largest absolute Gasteiger partial charge is 0.493 e. The second-order valence-electron chi connectivity index (χ2n) is 6.42. The zero-order valence-electron chi connectivity index (χ0n) is 13.3. The molecule has 0 radical (unpaired) electrons. The van der Waals surface area contributed by atoms with Crippen molar-refractivity contribution in [1.29, 1.82) is 0 Å². The van der Waals surface area contributed by atoms with Crippen LogP contribution in [0, 0.1) is 11.2 Å². The van der Waals surface area contributed by atoms with Crippen LogP contribution in [-0.4, -0.2) is 38.2 Å². The number of ether oxygens (including phenoxy) is 1. The lowest BCUT2D eigenvalue weighted by Gasteiger charge is -2.43. The predicted molar refractivity (Wildman–Crippen MR) is 86.8 cm³/mol. The Morgan fingerprint density at radius 3 is 2.38 bits per heavy atom. The van der Waals surface area contributed by atoms with Crippen molar-refractivity contribution in [2.75, 3.05) is 33.3 Å². The van der Waals surface area contributed by atoms with Crippen LogP contribution in [0.3, 0.4) is 0 Å². The summed E-state index contributed by atoms with van der Waals surface area (Å²) in [6, 6.07) is 5.36. The summed E-state index contributed by atoms with van der Waals surface area (Å²) in [6.07, 6.45) is 0. The van der Waals surface area contributed by atoms with Gasteiger partial charge in [0.15, 0.2) is 11.6 Å². The van der Waals surface area contributed by atoms with E-state index in [1.807, 2.05) is 6.07 Å². The van der Waals surface area contributed by atoms with Crippen LogP contribution in [0.4, 0.5) is 4.39 Å². The molecule has 1 atom stereocenters. The number of rotatable bonds is 3. The van der Waals surface area contributed by atoms with Gasteiger partial charge in [-0.25, -0.2) is 4.39 Å². The number of para-hydroxylation sites is 1. The van der Waals surface area contributed by atoms with Gasteiger partial charge in [0.2, 0.25) is 0 Å². The normalized spacial score (nSPS) is 18.0. The van der Waals surface area contributed by atoms with Crippen molar-refractivity contribution < 1.29 is 9.13 Å². The highest BCUT2D eigenvalue weighted by molar-refractivity contribution is 5.85. The van der Waals surface area contributed by atoms with Crippen molar-refractivity contribution in [2.45, 2.75) is 26.8 Å². The third kappa shape index (κ3) is 4.09. The summed E-state index contributed by atoms with van der Waals surface area (Å²) in [6.45, 7) is 10.5. The van der Waals surface area contributed by atoms with Gasteiger partial charge in [0.05, 0.1) is 7.11 Å². The smallest absolute Gasteiger partial charge is 0.165 e. The number of piperazine rings is 1. The van der Waals surface area contributed by atoms with Gasteiger partial charge in [0.25, 0.3) is 0 Å². The molecule has 0 aromatic heterocycles. The molecule has 5 heteroatoms. The van der Waals surface area contributed by atoms with E-state index in [0.29, 0.717) is 5.75 Å². The molecule has 0 aliphatic carbocycles. The van der Waals surface area contributed by atoms with E-state index in [-0.39, 0.29) is 29.7 Å². The molecular weight excluding hydrogens is 291 g/mol. The predicted octanol–water partition coefficient (Wildman–Crippen LogP) is 3.25. The van der Waals surface area contributed by atoms with E-state index in [9.17, 15) is 4.39 Å². The van der Waals surface area contributed by atoms with Crippen molar-refractivity contribution >= 4 is 12.4 Å². The molecule has 3 nitrogen and oxygen atoms in total. The summed E-state index contributed by atoms with van der Waals surface area (Å²) < 4.78 is 19.3. The Hall–Kier alpha value is -0.840. The lowest BCUT2D eigenvalue weighted by Crippen LogP contribution is -2.48. The van der Waals surface area contributed by atoms with Gasteiger partial charge in [-0.05, 0) is 11.5 Å². The topological polar surface area (TPSA) is 24.5 Å². The summed E-state index contributed by atoms with van der Waals surface area (Å²) in [5, 5.41) is 3.37. The van der Waals surface area contributed by atoms with E-state index in [1.54, 1.807) is 13.2 Å². The first-order valence-electron chi connectivity index (χ1n) is 7.22. The minimum atomic E-state index is -0.283. The first-order chi connectivity index (χ1) is 9.45. The lowest BCUT2D eigenvalue weighted by atomic mass is 9.80. The maximum Gasteiger partial charge on any atom is 0.165 e. The van der Waals surface area contributed by atoms with Gasteiger partial charge >= 0.3 is 0 Å². The van der Waals surface area contributed by atoms with Gasteiger partial charge in [0, 0.05) is 37.8 Å². The Balaban J connectivity index is 0.00000220.